The van der Waals surface area contributed by atoms with Gasteiger partial charge in [-0.1, -0.05) is 52.5 Å². The lowest BCUT2D eigenvalue weighted by Crippen LogP contribution is -2.41. The van der Waals surface area contributed by atoms with Crippen LogP contribution in [0.25, 0.3) is 0 Å². The van der Waals surface area contributed by atoms with E-state index < -0.39 is 70.7 Å². The molecule has 4 heterocycles. The molecule has 350 valence electrons. The molecule has 8 rings (SSSR count). The molecule has 4 aliphatic rings. The van der Waals surface area contributed by atoms with Gasteiger partial charge in [0.25, 0.3) is 23.6 Å². The van der Waals surface area contributed by atoms with E-state index in [4.69, 9.17) is 0 Å². The Labute approximate surface area is 373 Å². The Bertz CT molecular complexity index is 2640. The fourth-order valence-corrected chi connectivity index (χ4v) is 7.57. The van der Waals surface area contributed by atoms with Crippen molar-refractivity contribution in [3.63, 3.8) is 0 Å². The molecule has 0 saturated carbocycles. The van der Waals surface area contributed by atoms with Crippen LogP contribution in [-0.4, -0.2) is 89.9 Å². The Morgan fingerprint density at radius 1 is 0.485 bits per heavy atom. The third kappa shape index (κ3) is 8.25. The van der Waals surface area contributed by atoms with Gasteiger partial charge < -0.3 is 20.9 Å². The van der Waals surface area contributed by atoms with Crippen molar-refractivity contribution in [2.45, 2.75) is 71.6 Å². The molecule has 1 unspecified atom stereocenters. The number of nitrogens with zero attached hydrogens (tertiary/aromatic N) is 2. The number of halogens is 6. The van der Waals surface area contributed by atoms with Gasteiger partial charge in [0.1, 0.15) is 10.8 Å². The van der Waals surface area contributed by atoms with Gasteiger partial charge in [-0.2, -0.15) is 26.3 Å². The van der Waals surface area contributed by atoms with Gasteiger partial charge in [0, 0.05) is 20.3 Å². The lowest BCUT2D eigenvalue weighted by molar-refractivity contribution is -0.173. The molecule has 0 bridgehead atoms. The highest BCUT2D eigenvalue weighted by atomic mass is 19.4. The normalized spacial score (nSPS) is 15.8. The van der Waals surface area contributed by atoms with E-state index in [-0.39, 0.29) is 94.8 Å². The van der Waals surface area contributed by atoms with Crippen LogP contribution < -0.4 is 11.5 Å². The third-order valence-electron chi connectivity index (χ3n) is 11.5. The van der Waals surface area contributed by atoms with Crippen LogP contribution in [0.5, 0.6) is 0 Å². The molecule has 14 nitrogen and oxygen atoms in total. The van der Waals surface area contributed by atoms with Crippen molar-refractivity contribution in [2.75, 3.05) is 20.3 Å². The van der Waals surface area contributed by atoms with Gasteiger partial charge in [0.2, 0.25) is 0 Å². The Morgan fingerprint density at radius 2 is 0.773 bits per heavy atom. The molecule has 0 aliphatic carbocycles. The summed E-state index contributed by atoms with van der Waals surface area (Å²) in [5.74, 6) is -6.33. The van der Waals surface area contributed by atoms with E-state index in [0.717, 1.165) is 78.6 Å². The molecule has 0 spiro atoms. The molecule has 0 saturated heterocycles. The van der Waals surface area contributed by atoms with E-state index >= 15 is 0 Å². The Hall–Kier alpha value is -7.06. The topological polar surface area (TPSA) is 214 Å². The SMILES string of the molecule is C.C.CC(c1ccc2c(c1)C(=O)OC2=O)(c1ccc2c(c1)C(=O)OC2=O)C(F)(F)F.CCCCN1C(=O)c2ccc(C(C)(c3ccc4c(c3)C(=O)N(C)C4=O)C(F)(F)F)cc2C1=O.NCN. The predicted molar refractivity (Wildman–Crippen MR) is 224 cm³/mol. The number of rotatable bonds is 7. The zero-order valence-corrected chi connectivity index (χ0v) is 34.2. The summed E-state index contributed by atoms with van der Waals surface area (Å²) in [6, 6.07) is 13.2. The molecular weight excluding hydrogens is 883 g/mol. The number of esters is 4. The van der Waals surface area contributed by atoms with Crippen LogP contribution in [0.4, 0.5) is 26.3 Å². The molecule has 4 aromatic carbocycles. The minimum Gasteiger partial charge on any atom is -0.386 e. The van der Waals surface area contributed by atoms with Crippen LogP contribution in [0.2, 0.25) is 0 Å². The van der Waals surface area contributed by atoms with Crippen LogP contribution in [0.1, 0.15) is 154 Å². The second-order valence-electron chi connectivity index (χ2n) is 15.2. The van der Waals surface area contributed by atoms with Crippen molar-refractivity contribution in [1.82, 2.24) is 9.80 Å². The number of cyclic esters (lactones) is 4. The number of fused-ring (bicyclic) bond motifs is 4. The Kier molecular flexibility index (Phi) is 14.4. The number of hydrogen-bond donors (Lipinski definition) is 2. The predicted octanol–water partition coefficient (Wildman–Crippen LogP) is 7.49. The van der Waals surface area contributed by atoms with Crippen molar-refractivity contribution in [1.29, 1.82) is 0 Å². The van der Waals surface area contributed by atoms with Gasteiger partial charge in [-0.15, -0.1) is 0 Å². The summed E-state index contributed by atoms with van der Waals surface area (Å²) in [7, 11) is 1.26. The molecular formula is C46H44F6N4O10. The van der Waals surface area contributed by atoms with Gasteiger partial charge in [0.05, 0.1) is 44.5 Å². The molecule has 0 aromatic heterocycles. The first-order chi connectivity index (χ1) is 29.9. The number of nitrogens with two attached hydrogens (primary N) is 2. The summed E-state index contributed by atoms with van der Waals surface area (Å²) in [5.41, 5.74) is 2.01. The van der Waals surface area contributed by atoms with E-state index in [1.165, 1.54) is 31.3 Å². The molecule has 4 aliphatic heterocycles. The van der Waals surface area contributed by atoms with Crippen LogP contribution in [0.3, 0.4) is 0 Å². The number of carbonyl (C=O) groups is 8. The zero-order valence-electron chi connectivity index (χ0n) is 34.2. The summed E-state index contributed by atoms with van der Waals surface area (Å²) in [5, 5.41) is 0. The molecule has 4 N–H and O–H groups in total. The average Bonchev–Trinajstić information content (AvgIpc) is 3.87. The summed E-state index contributed by atoms with van der Waals surface area (Å²) in [6.45, 7) is 4.18. The average molecular weight is 927 g/mol. The highest BCUT2D eigenvalue weighted by molar-refractivity contribution is 6.22. The van der Waals surface area contributed by atoms with E-state index in [9.17, 15) is 64.7 Å². The van der Waals surface area contributed by atoms with Crippen molar-refractivity contribution < 1.29 is 74.2 Å². The van der Waals surface area contributed by atoms with Crippen molar-refractivity contribution >= 4 is 47.5 Å². The molecule has 0 radical (unpaired) electrons. The monoisotopic (exact) mass is 926 g/mol. The maximum Gasteiger partial charge on any atom is 0.402 e. The standard InChI is InChI=1S/C24H21F3N2O4.C19H9F3O6.CH6N2.2CH4/c1-4-5-10-29-21(32)16-9-7-14(12-18(16)22(29)33)23(2,24(25,26)27)13-6-8-15-17(11-13)20(31)28(3)19(15)30;1-18(19(20,21)22,8-2-4-10-12(6-8)16(25)27-14(10)23)9-3-5-11-13(7-9)17(26)28-15(11)24;2-1-3;;/h6-9,11-12H,4-5,10H2,1-3H3;2-7H,1H3;1-3H2;2*1H4. The number of imide groups is 2. The largest absolute Gasteiger partial charge is 0.402 e. The summed E-state index contributed by atoms with van der Waals surface area (Å²) in [6.07, 6.45) is -8.30. The number of unbranched alkanes of at least 4 members (excludes halogenated alkanes) is 1. The van der Waals surface area contributed by atoms with E-state index in [2.05, 4.69) is 20.9 Å². The molecule has 20 heteroatoms. The first-order valence-corrected chi connectivity index (χ1v) is 19.2. The highest BCUT2D eigenvalue weighted by Gasteiger charge is 2.56. The number of amides is 4. The zero-order chi connectivity index (χ0) is 47.4. The second-order valence-corrected chi connectivity index (χ2v) is 15.2. The quantitative estimate of drug-likeness (QED) is 0.0607. The van der Waals surface area contributed by atoms with Crippen LogP contribution in [-0.2, 0) is 20.3 Å². The van der Waals surface area contributed by atoms with Gasteiger partial charge in [-0.05, 0) is 91.1 Å². The van der Waals surface area contributed by atoms with Crippen molar-refractivity contribution in [3.05, 3.63) is 140 Å². The van der Waals surface area contributed by atoms with E-state index in [0.29, 0.717) is 6.42 Å². The smallest absolute Gasteiger partial charge is 0.386 e. The fourth-order valence-electron chi connectivity index (χ4n) is 7.57. The minimum absolute atomic E-state index is 0. The van der Waals surface area contributed by atoms with Crippen LogP contribution in [0, 0.1) is 0 Å². The van der Waals surface area contributed by atoms with E-state index in [1.54, 1.807) is 0 Å². The Morgan fingerprint density at radius 3 is 1.14 bits per heavy atom. The maximum atomic E-state index is 14.5. The lowest BCUT2D eigenvalue weighted by Gasteiger charge is -2.33. The second kappa shape index (κ2) is 18.4. The van der Waals surface area contributed by atoms with Crippen molar-refractivity contribution in [3.8, 4) is 0 Å². The molecule has 0 fully saturated rings. The Balaban J connectivity index is 0.000000268. The highest BCUT2D eigenvalue weighted by Crippen LogP contribution is 2.49. The maximum absolute atomic E-state index is 14.5. The number of hydrogen-bond acceptors (Lipinski definition) is 12. The summed E-state index contributed by atoms with van der Waals surface area (Å²) < 4.78 is 94.9. The number of benzene rings is 4. The van der Waals surface area contributed by atoms with Gasteiger partial charge in [0.15, 0.2) is 0 Å². The number of alkyl halides is 6. The third-order valence-corrected chi connectivity index (χ3v) is 11.5. The summed E-state index contributed by atoms with van der Waals surface area (Å²) in [4.78, 5) is 98.4. The molecule has 4 amide bonds. The first kappa shape index (κ1) is 51.6. The van der Waals surface area contributed by atoms with Gasteiger partial charge in [-0.3, -0.25) is 29.0 Å². The van der Waals surface area contributed by atoms with Gasteiger partial charge in [-0.25, -0.2) is 19.2 Å². The minimum atomic E-state index is -4.84. The number of ether oxygens (including phenoxy) is 2. The van der Waals surface area contributed by atoms with Gasteiger partial charge >= 0.3 is 36.2 Å². The molecule has 66 heavy (non-hydrogen) atoms. The summed E-state index contributed by atoms with van der Waals surface area (Å²) >= 11 is 0. The van der Waals surface area contributed by atoms with Crippen molar-refractivity contribution in [2.24, 2.45) is 11.5 Å². The first-order valence-electron chi connectivity index (χ1n) is 19.2. The fraction of sp³-hybridized carbons (Fsp3) is 0.304. The molecule has 4 aromatic rings. The lowest BCUT2D eigenvalue weighted by atomic mass is 9.74. The van der Waals surface area contributed by atoms with Crippen LogP contribution >= 0.6 is 0 Å². The van der Waals surface area contributed by atoms with Crippen LogP contribution in [0.15, 0.2) is 72.8 Å². The van der Waals surface area contributed by atoms with E-state index in [1.807, 2.05) is 6.92 Å². The molecule has 1 atom stereocenters. The number of carbonyl (C=O) groups excluding carboxylic acids is 8.